The number of ether oxygens (including phenoxy) is 1. The summed E-state index contributed by atoms with van der Waals surface area (Å²) in [5.41, 5.74) is 0. The summed E-state index contributed by atoms with van der Waals surface area (Å²) in [7, 11) is 0. The largest absolute Gasteiger partial charge is 0.374 e. The zero-order valence-corrected chi connectivity index (χ0v) is 9.92. The van der Waals surface area contributed by atoms with Crippen molar-refractivity contribution in [3.05, 3.63) is 18.6 Å². The molecule has 0 spiro atoms. The van der Waals surface area contributed by atoms with E-state index in [4.69, 9.17) is 4.74 Å². The number of morpholine rings is 1. The van der Waals surface area contributed by atoms with Crippen LogP contribution in [0.2, 0.25) is 0 Å². The van der Waals surface area contributed by atoms with Crippen LogP contribution in [0.15, 0.2) is 18.6 Å². The third-order valence-electron chi connectivity index (χ3n) is 2.20. The molecular formula is C9H12IN3O. The predicted octanol–water partition coefficient (Wildman–Crippen LogP) is 1.12. The summed E-state index contributed by atoms with van der Waals surface area (Å²) in [5, 5.41) is 0. The molecule has 1 unspecified atom stereocenters. The fraction of sp³-hybridized carbons (Fsp3) is 0.556. The second-order valence-electron chi connectivity index (χ2n) is 3.16. The van der Waals surface area contributed by atoms with Crippen molar-refractivity contribution in [2.45, 2.75) is 6.10 Å². The highest BCUT2D eigenvalue weighted by Gasteiger charge is 2.19. The van der Waals surface area contributed by atoms with Gasteiger partial charge in [-0.1, -0.05) is 22.6 Å². The zero-order valence-electron chi connectivity index (χ0n) is 7.77. The first kappa shape index (κ1) is 10.1. The van der Waals surface area contributed by atoms with Crippen molar-refractivity contribution in [1.29, 1.82) is 0 Å². The smallest absolute Gasteiger partial charge is 0.132 e. The second kappa shape index (κ2) is 4.88. The van der Waals surface area contributed by atoms with E-state index in [1.807, 2.05) is 6.07 Å². The number of nitrogens with zero attached hydrogens (tertiary/aromatic N) is 3. The molecule has 1 aliphatic rings. The molecule has 14 heavy (non-hydrogen) atoms. The van der Waals surface area contributed by atoms with Crippen LogP contribution in [-0.4, -0.2) is 40.2 Å². The number of halogens is 1. The van der Waals surface area contributed by atoms with Gasteiger partial charge in [-0.25, -0.2) is 9.97 Å². The fourth-order valence-electron chi connectivity index (χ4n) is 1.49. The molecule has 1 aliphatic heterocycles. The van der Waals surface area contributed by atoms with Gasteiger partial charge in [0.25, 0.3) is 0 Å². The molecule has 1 aromatic heterocycles. The Labute approximate surface area is 96.8 Å². The minimum atomic E-state index is 0.333. The van der Waals surface area contributed by atoms with Gasteiger partial charge < -0.3 is 9.64 Å². The van der Waals surface area contributed by atoms with Gasteiger partial charge in [-0.3, -0.25) is 0 Å². The van der Waals surface area contributed by atoms with E-state index in [1.165, 1.54) is 0 Å². The van der Waals surface area contributed by atoms with Crippen LogP contribution in [0.5, 0.6) is 0 Å². The first-order valence-electron chi connectivity index (χ1n) is 4.58. The first-order chi connectivity index (χ1) is 6.90. The van der Waals surface area contributed by atoms with Crippen molar-refractivity contribution in [2.75, 3.05) is 29.0 Å². The van der Waals surface area contributed by atoms with Gasteiger partial charge in [-0.15, -0.1) is 0 Å². The molecule has 0 N–H and O–H groups in total. The maximum absolute atomic E-state index is 5.59. The average Bonchev–Trinajstić information content (AvgIpc) is 2.30. The summed E-state index contributed by atoms with van der Waals surface area (Å²) in [4.78, 5) is 10.4. The molecule has 0 aromatic carbocycles. The van der Waals surface area contributed by atoms with E-state index in [-0.39, 0.29) is 0 Å². The van der Waals surface area contributed by atoms with Crippen LogP contribution in [0.3, 0.4) is 0 Å². The Balaban J connectivity index is 2.04. The van der Waals surface area contributed by atoms with Gasteiger partial charge in [0, 0.05) is 23.7 Å². The van der Waals surface area contributed by atoms with Gasteiger partial charge in [0.15, 0.2) is 0 Å². The molecule has 1 aromatic rings. The Bertz CT molecular complexity index is 283. The molecule has 0 radical (unpaired) electrons. The molecule has 0 saturated carbocycles. The second-order valence-corrected chi connectivity index (χ2v) is 4.04. The molecule has 1 fully saturated rings. The lowest BCUT2D eigenvalue weighted by molar-refractivity contribution is 0.0579. The van der Waals surface area contributed by atoms with Crippen LogP contribution in [0.1, 0.15) is 0 Å². The average molecular weight is 305 g/mol. The predicted molar refractivity (Wildman–Crippen MR) is 62.9 cm³/mol. The van der Waals surface area contributed by atoms with Crippen molar-refractivity contribution in [1.82, 2.24) is 9.97 Å². The van der Waals surface area contributed by atoms with Crippen LogP contribution >= 0.6 is 22.6 Å². The van der Waals surface area contributed by atoms with Gasteiger partial charge in [-0.2, -0.15) is 0 Å². The standard InChI is InChI=1S/C9H12IN3O/c10-5-8-6-13(3-4-14-8)9-1-2-11-7-12-9/h1-2,7-8H,3-6H2. The summed E-state index contributed by atoms with van der Waals surface area (Å²) in [6, 6.07) is 1.94. The van der Waals surface area contributed by atoms with Gasteiger partial charge in [0.2, 0.25) is 0 Å². The highest BCUT2D eigenvalue weighted by Crippen LogP contribution is 2.14. The van der Waals surface area contributed by atoms with Crippen molar-refractivity contribution in [2.24, 2.45) is 0 Å². The maximum Gasteiger partial charge on any atom is 0.132 e. The molecule has 76 valence electrons. The summed E-state index contributed by atoms with van der Waals surface area (Å²) >= 11 is 2.35. The van der Waals surface area contributed by atoms with E-state index in [0.29, 0.717) is 6.10 Å². The lowest BCUT2D eigenvalue weighted by atomic mass is 10.3. The molecule has 1 saturated heterocycles. The Kier molecular flexibility index (Phi) is 3.52. The molecule has 2 heterocycles. The Hall–Kier alpha value is -0.430. The number of hydrogen-bond donors (Lipinski definition) is 0. The normalized spacial score (nSPS) is 22.4. The quantitative estimate of drug-likeness (QED) is 0.606. The van der Waals surface area contributed by atoms with Crippen molar-refractivity contribution in [3.63, 3.8) is 0 Å². The number of anilines is 1. The van der Waals surface area contributed by atoms with E-state index in [0.717, 1.165) is 29.9 Å². The van der Waals surface area contributed by atoms with Crippen molar-refractivity contribution >= 4 is 28.4 Å². The molecule has 4 nitrogen and oxygen atoms in total. The van der Waals surface area contributed by atoms with Crippen molar-refractivity contribution < 1.29 is 4.74 Å². The molecule has 0 bridgehead atoms. The third-order valence-corrected chi connectivity index (χ3v) is 3.18. The minimum Gasteiger partial charge on any atom is -0.374 e. The van der Waals surface area contributed by atoms with Gasteiger partial charge in [0.1, 0.15) is 12.1 Å². The molecule has 0 amide bonds. The monoisotopic (exact) mass is 305 g/mol. The van der Waals surface area contributed by atoms with E-state index >= 15 is 0 Å². The van der Waals surface area contributed by atoms with Crippen molar-refractivity contribution in [3.8, 4) is 0 Å². The summed E-state index contributed by atoms with van der Waals surface area (Å²) in [6.45, 7) is 2.64. The Morgan fingerprint density at radius 2 is 2.57 bits per heavy atom. The van der Waals surface area contributed by atoms with Crippen LogP contribution in [0.25, 0.3) is 0 Å². The summed E-state index contributed by atoms with van der Waals surface area (Å²) < 4.78 is 6.61. The van der Waals surface area contributed by atoms with Crippen LogP contribution in [0.4, 0.5) is 5.82 Å². The Morgan fingerprint density at radius 3 is 3.29 bits per heavy atom. The SMILES string of the molecule is ICC1CN(c2ccncn2)CCO1. The van der Waals surface area contributed by atoms with E-state index < -0.39 is 0 Å². The third kappa shape index (κ3) is 2.33. The lowest BCUT2D eigenvalue weighted by Crippen LogP contribution is -2.43. The number of hydrogen-bond acceptors (Lipinski definition) is 4. The van der Waals surface area contributed by atoms with Crippen LogP contribution in [0, 0.1) is 0 Å². The zero-order chi connectivity index (χ0) is 9.80. The molecular weight excluding hydrogens is 293 g/mol. The lowest BCUT2D eigenvalue weighted by Gasteiger charge is -2.32. The van der Waals surface area contributed by atoms with E-state index in [1.54, 1.807) is 12.5 Å². The minimum absolute atomic E-state index is 0.333. The molecule has 5 heteroatoms. The number of aromatic nitrogens is 2. The van der Waals surface area contributed by atoms with E-state index in [2.05, 4.69) is 37.5 Å². The maximum atomic E-state index is 5.59. The highest BCUT2D eigenvalue weighted by molar-refractivity contribution is 14.1. The molecule has 1 atom stereocenters. The van der Waals surface area contributed by atoms with Crippen LogP contribution < -0.4 is 4.90 Å². The highest BCUT2D eigenvalue weighted by atomic mass is 127. The first-order valence-corrected chi connectivity index (χ1v) is 6.11. The molecule has 0 aliphatic carbocycles. The van der Waals surface area contributed by atoms with Gasteiger partial charge in [-0.05, 0) is 6.07 Å². The summed E-state index contributed by atoms with van der Waals surface area (Å²) in [6.07, 6.45) is 3.69. The number of rotatable bonds is 2. The van der Waals surface area contributed by atoms with Gasteiger partial charge in [0.05, 0.1) is 12.7 Å². The van der Waals surface area contributed by atoms with E-state index in [9.17, 15) is 0 Å². The fourth-order valence-corrected chi connectivity index (χ4v) is 2.02. The molecule has 2 rings (SSSR count). The Morgan fingerprint density at radius 1 is 1.64 bits per heavy atom. The number of alkyl halides is 1. The summed E-state index contributed by atoms with van der Waals surface area (Å²) in [5.74, 6) is 0.998. The topological polar surface area (TPSA) is 38.2 Å². The van der Waals surface area contributed by atoms with Crippen LogP contribution in [-0.2, 0) is 4.74 Å². The van der Waals surface area contributed by atoms with Gasteiger partial charge >= 0.3 is 0 Å².